The van der Waals surface area contributed by atoms with Gasteiger partial charge in [-0.25, -0.2) is 4.99 Å². The number of benzene rings is 2. The van der Waals surface area contributed by atoms with Crippen molar-refractivity contribution in [3.05, 3.63) is 69.3 Å². The zero-order chi connectivity index (χ0) is 17.8. The highest BCUT2D eigenvalue weighted by molar-refractivity contribution is 5.78. The molecule has 3 N–H and O–H groups in total. The van der Waals surface area contributed by atoms with Gasteiger partial charge in [0.2, 0.25) is 0 Å². The molecule has 7 nitrogen and oxygen atoms in total. The highest BCUT2D eigenvalue weighted by Gasteiger charge is 2.21. The third kappa shape index (κ3) is 3.71. The molecule has 0 fully saturated rings. The number of hydrogen-bond donors (Lipinski definition) is 2. The molecule has 7 heteroatoms. The van der Waals surface area contributed by atoms with Crippen LogP contribution < -0.4 is 15.8 Å². The molecule has 130 valence electrons. The van der Waals surface area contributed by atoms with Gasteiger partial charge in [0.25, 0.3) is 5.69 Å². The Morgan fingerprint density at radius 3 is 2.96 bits per heavy atom. The molecule has 2 aromatic rings. The van der Waals surface area contributed by atoms with Crippen LogP contribution in [0.15, 0.2) is 47.5 Å². The Morgan fingerprint density at radius 2 is 2.16 bits per heavy atom. The predicted molar refractivity (Wildman–Crippen MR) is 95.6 cm³/mol. The lowest BCUT2D eigenvalue weighted by Gasteiger charge is -2.26. The third-order valence-corrected chi connectivity index (χ3v) is 4.31. The maximum Gasteiger partial charge on any atom is 0.272 e. The van der Waals surface area contributed by atoms with Gasteiger partial charge in [-0.3, -0.25) is 10.1 Å². The first-order valence-corrected chi connectivity index (χ1v) is 8.07. The minimum Gasteiger partial charge on any atom is -0.493 e. The molecule has 0 saturated carbocycles. The van der Waals surface area contributed by atoms with Crippen LogP contribution in [0, 0.1) is 17.0 Å². The van der Waals surface area contributed by atoms with Crippen molar-refractivity contribution in [1.29, 1.82) is 0 Å². The van der Waals surface area contributed by atoms with Crippen molar-refractivity contribution in [2.45, 2.75) is 25.9 Å². The Hall–Kier alpha value is -3.09. The van der Waals surface area contributed by atoms with Gasteiger partial charge in [0, 0.05) is 23.6 Å². The monoisotopic (exact) mass is 340 g/mol. The molecule has 0 bridgehead atoms. The average molecular weight is 340 g/mol. The summed E-state index contributed by atoms with van der Waals surface area (Å²) in [4.78, 5) is 15.0. The SMILES string of the molecule is Cc1c(CN=C(N)NC2CCOc3ccccc32)cccc1[N+](=O)[O-]. The van der Waals surface area contributed by atoms with E-state index in [0.29, 0.717) is 18.1 Å². The summed E-state index contributed by atoms with van der Waals surface area (Å²) in [5.41, 5.74) is 8.57. The molecular formula is C18H20N4O3. The van der Waals surface area contributed by atoms with Gasteiger partial charge in [-0.15, -0.1) is 0 Å². The highest BCUT2D eigenvalue weighted by Crippen LogP contribution is 2.31. The van der Waals surface area contributed by atoms with Gasteiger partial charge in [-0.1, -0.05) is 30.3 Å². The topological polar surface area (TPSA) is 103 Å². The zero-order valence-corrected chi connectivity index (χ0v) is 13.9. The summed E-state index contributed by atoms with van der Waals surface area (Å²) < 4.78 is 5.63. The molecule has 1 heterocycles. The standard InChI is InChI=1S/C18H20N4O3/c1-12-13(5-4-7-16(12)22(23)24)11-20-18(19)21-15-9-10-25-17-8-3-2-6-14(15)17/h2-8,15H,9-11H2,1H3,(H3,19,20,21). The summed E-state index contributed by atoms with van der Waals surface area (Å²) >= 11 is 0. The van der Waals surface area contributed by atoms with E-state index < -0.39 is 0 Å². The van der Waals surface area contributed by atoms with E-state index in [1.807, 2.05) is 30.3 Å². The Kier molecular flexibility index (Phi) is 4.83. The molecule has 3 rings (SSSR count). The maximum absolute atomic E-state index is 11.0. The number of nitrogens with one attached hydrogen (secondary N) is 1. The van der Waals surface area contributed by atoms with Crippen molar-refractivity contribution < 1.29 is 9.66 Å². The van der Waals surface area contributed by atoms with Gasteiger partial charge in [-0.05, 0) is 18.6 Å². The molecule has 1 aliphatic heterocycles. The average Bonchev–Trinajstić information content (AvgIpc) is 2.61. The van der Waals surface area contributed by atoms with Gasteiger partial charge < -0.3 is 15.8 Å². The highest BCUT2D eigenvalue weighted by atomic mass is 16.6. The lowest BCUT2D eigenvalue weighted by molar-refractivity contribution is -0.385. The van der Waals surface area contributed by atoms with Crippen LogP contribution in [0.1, 0.15) is 29.2 Å². The van der Waals surface area contributed by atoms with Crippen LogP contribution in [0.25, 0.3) is 0 Å². The van der Waals surface area contributed by atoms with Crippen LogP contribution in [0.2, 0.25) is 0 Å². The lowest BCUT2D eigenvalue weighted by atomic mass is 10.0. The van der Waals surface area contributed by atoms with E-state index in [9.17, 15) is 10.1 Å². The Morgan fingerprint density at radius 1 is 1.36 bits per heavy atom. The second-order valence-electron chi connectivity index (χ2n) is 5.89. The summed E-state index contributed by atoms with van der Waals surface area (Å²) in [6.45, 7) is 2.63. The summed E-state index contributed by atoms with van der Waals surface area (Å²) in [6.07, 6.45) is 0.795. The number of para-hydroxylation sites is 1. The van der Waals surface area contributed by atoms with E-state index in [2.05, 4.69) is 10.3 Å². The van der Waals surface area contributed by atoms with Crippen LogP contribution in [0.4, 0.5) is 5.69 Å². The van der Waals surface area contributed by atoms with Crippen LogP contribution in [-0.4, -0.2) is 17.5 Å². The lowest BCUT2D eigenvalue weighted by Crippen LogP contribution is -2.37. The molecule has 0 saturated heterocycles. The quantitative estimate of drug-likeness (QED) is 0.385. The number of nitro groups is 1. The number of nitro benzene ring substituents is 1. The first-order chi connectivity index (χ1) is 12.1. The van der Waals surface area contributed by atoms with Crippen molar-refractivity contribution in [3.8, 4) is 5.75 Å². The van der Waals surface area contributed by atoms with Crippen molar-refractivity contribution in [1.82, 2.24) is 5.32 Å². The first kappa shape index (κ1) is 16.8. The van der Waals surface area contributed by atoms with Gasteiger partial charge in [0.15, 0.2) is 5.96 Å². The van der Waals surface area contributed by atoms with Gasteiger partial charge in [0.05, 0.1) is 24.1 Å². The number of hydrogen-bond acceptors (Lipinski definition) is 4. The molecular weight excluding hydrogens is 320 g/mol. The summed E-state index contributed by atoms with van der Waals surface area (Å²) in [5.74, 6) is 1.17. The van der Waals surface area contributed by atoms with Crippen LogP contribution in [-0.2, 0) is 6.54 Å². The van der Waals surface area contributed by atoms with E-state index >= 15 is 0 Å². The molecule has 25 heavy (non-hydrogen) atoms. The first-order valence-electron chi connectivity index (χ1n) is 8.07. The van der Waals surface area contributed by atoms with Crippen molar-refractivity contribution in [2.24, 2.45) is 10.7 Å². The molecule has 0 aromatic heterocycles. The number of rotatable bonds is 4. The fourth-order valence-corrected chi connectivity index (χ4v) is 2.93. The van der Waals surface area contributed by atoms with E-state index in [4.69, 9.17) is 10.5 Å². The van der Waals surface area contributed by atoms with Crippen molar-refractivity contribution >= 4 is 11.6 Å². The molecule has 0 spiro atoms. The summed E-state index contributed by atoms with van der Waals surface area (Å²) in [7, 11) is 0. The van der Waals surface area contributed by atoms with Crippen molar-refractivity contribution in [2.75, 3.05) is 6.61 Å². The minimum absolute atomic E-state index is 0.0416. The van der Waals surface area contributed by atoms with Crippen LogP contribution in [0.3, 0.4) is 0 Å². The van der Waals surface area contributed by atoms with Gasteiger partial charge in [-0.2, -0.15) is 0 Å². The van der Waals surface area contributed by atoms with Gasteiger partial charge in [0.1, 0.15) is 5.75 Å². The molecule has 2 aromatic carbocycles. The fraction of sp³-hybridized carbons (Fsp3) is 0.278. The van der Waals surface area contributed by atoms with E-state index in [0.717, 1.165) is 23.3 Å². The maximum atomic E-state index is 11.0. The fourth-order valence-electron chi connectivity index (χ4n) is 2.93. The number of nitrogens with zero attached hydrogens (tertiary/aromatic N) is 2. The largest absolute Gasteiger partial charge is 0.493 e. The van der Waals surface area contributed by atoms with Crippen LogP contribution >= 0.6 is 0 Å². The smallest absolute Gasteiger partial charge is 0.272 e. The van der Waals surface area contributed by atoms with Crippen LogP contribution in [0.5, 0.6) is 5.75 Å². The Bertz CT molecular complexity index is 820. The normalized spacial score (nSPS) is 16.7. The number of guanidine groups is 1. The second-order valence-corrected chi connectivity index (χ2v) is 5.89. The number of ether oxygens (including phenoxy) is 1. The molecule has 1 unspecified atom stereocenters. The summed E-state index contributed by atoms with van der Waals surface area (Å²) in [6, 6.07) is 12.8. The predicted octanol–water partition coefficient (Wildman–Crippen LogP) is 2.83. The number of fused-ring (bicyclic) bond motifs is 1. The van der Waals surface area contributed by atoms with Crippen molar-refractivity contribution in [3.63, 3.8) is 0 Å². The van der Waals surface area contributed by atoms with E-state index in [-0.39, 0.29) is 23.2 Å². The second kappa shape index (κ2) is 7.21. The molecule has 1 aliphatic rings. The molecule has 0 aliphatic carbocycles. The summed E-state index contributed by atoms with van der Waals surface area (Å²) in [5, 5.41) is 14.2. The van der Waals surface area contributed by atoms with Gasteiger partial charge >= 0.3 is 0 Å². The molecule has 1 atom stereocenters. The molecule has 0 amide bonds. The minimum atomic E-state index is -0.386. The molecule has 0 radical (unpaired) electrons. The number of nitrogens with two attached hydrogens (primary N) is 1. The number of aliphatic imine (C=N–C) groups is 1. The van der Waals surface area contributed by atoms with E-state index in [1.54, 1.807) is 13.0 Å². The Labute approximate surface area is 145 Å². The zero-order valence-electron chi connectivity index (χ0n) is 13.9. The van der Waals surface area contributed by atoms with E-state index in [1.165, 1.54) is 6.07 Å². The third-order valence-electron chi connectivity index (χ3n) is 4.31. The Balaban J connectivity index is 1.72.